The number of rotatable bonds is 4. The minimum atomic E-state index is -0.122. The molecule has 102 valence electrons. The zero-order valence-electron chi connectivity index (χ0n) is 11.6. The van der Waals surface area contributed by atoms with Gasteiger partial charge in [0.2, 0.25) is 5.78 Å². The number of nitrogens with zero attached hydrogens (tertiary/aromatic N) is 2. The van der Waals surface area contributed by atoms with Gasteiger partial charge in [0.05, 0.1) is 16.8 Å². The molecule has 0 aliphatic rings. The maximum atomic E-state index is 12.7. The van der Waals surface area contributed by atoms with Gasteiger partial charge in [0.25, 0.3) is 0 Å². The van der Waals surface area contributed by atoms with Crippen LogP contribution in [0.3, 0.4) is 0 Å². The summed E-state index contributed by atoms with van der Waals surface area (Å²) < 4.78 is 7.17. The van der Waals surface area contributed by atoms with Crippen LogP contribution in [-0.4, -0.2) is 15.6 Å². The third-order valence-corrected chi connectivity index (χ3v) is 3.51. The van der Waals surface area contributed by atoms with E-state index in [1.165, 1.54) is 6.20 Å². The molecule has 0 bridgehead atoms. The monoisotopic (exact) mass is 280 g/mol. The SMILES string of the molecule is CCCn1ncc(Cl)c1C(=O)c1c(C)oc(C)c1C. The van der Waals surface area contributed by atoms with Crippen molar-refractivity contribution in [3.63, 3.8) is 0 Å². The minimum absolute atomic E-state index is 0.122. The molecule has 0 amide bonds. The Morgan fingerprint density at radius 1 is 1.37 bits per heavy atom. The first-order chi connectivity index (χ1) is 8.97. The first-order valence-corrected chi connectivity index (χ1v) is 6.67. The van der Waals surface area contributed by atoms with Crippen LogP contribution in [0.25, 0.3) is 0 Å². The molecule has 2 aromatic heterocycles. The fraction of sp³-hybridized carbons (Fsp3) is 0.429. The van der Waals surface area contributed by atoms with Gasteiger partial charge >= 0.3 is 0 Å². The lowest BCUT2D eigenvalue weighted by Gasteiger charge is -2.06. The van der Waals surface area contributed by atoms with Crippen molar-refractivity contribution in [3.8, 4) is 0 Å². The summed E-state index contributed by atoms with van der Waals surface area (Å²) in [7, 11) is 0. The van der Waals surface area contributed by atoms with Crippen LogP contribution in [0.5, 0.6) is 0 Å². The molecule has 0 aliphatic carbocycles. The predicted octanol–water partition coefficient (Wildman–Crippen LogP) is 3.70. The van der Waals surface area contributed by atoms with Crippen molar-refractivity contribution in [2.45, 2.75) is 40.7 Å². The summed E-state index contributed by atoms with van der Waals surface area (Å²) in [4.78, 5) is 12.7. The fourth-order valence-electron chi connectivity index (χ4n) is 2.22. The highest BCUT2D eigenvalue weighted by molar-refractivity contribution is 6.34. The summed E-state index contributed by atoms with van der Waals surface area (Å²) in [5.41, 5.74) is 1.90. The van der Waals surface area contributed by atoms with E-state index in [1.54, 1.807) is 11.6 Å². The van der Waals surface area contributed by atoms with Crippen LogP contribution in [-0.2, 0) is 6.54 Å². The largest absolute Gasteiger partial charge is 0.466 e. The lowest BCUT2D eigenvalue weighted by molar-refractivity contribution is 0.102. The van der Waals surface area contributed by atoms with Gasteiger partial charge < -0.3 is 4.42 Å². The van der Waals surface area contributed by atoms with E-state index in [4.69, 9.17) is 16.0 Å². The summed E-state index contributed by atoms with van der Waals surface area (Å²) in [5, 5.41) is 4.54. The highest BCUT2D eigenvalue weighted by Crippen LogP contribution is 2.26. The second-order valence-corrected chi connectivity index (χ2v) is 5.02. The molecular formula is C14H17ClN2O2. The Morgan fingerprint density at radius 3 is 2.58 bits per heavy atom. The topological polar surface area (TPSA) is 48.0 Å². The van der Waals surface area contributed by atoms with Crippen LogP contribution in [0.2, 0.25) is 5.02 Å². The maximum Gasteiger partial charge on any atom is 0.216 e. The molecule has 2 rings (SSSR count). The molecule has 0 fully saturated rings. The Kier molecular flexibility index (Phi) is 3.80. The van der Waals surface area contributed by atoms with E-state index in [2.05, 4.69) is 5.10 Å². The molecule has 0 aromatic carbocycles. The van der Waals surface area contributed by atoms with Crippen molar-refractivity contribution in [1.82, 2.24) is 9.78 Å². The zero-order valence-corrected chi connectivity index (χ0v) is 12.3. The number of hydrogen-bond donors (Lipinski definition) is 0. The second-order valence-electron chi connectivity index (χ2n) is 4.61. The van der Waals surface area contributed by atoms with Gasteiger partial charge in [0, 0.05) is 12.1 Å². The predicted molar refractivity (Wildman–Crippen MR) is 73.9 cm³/mol. The Labute approximate surface area is 117 Å². The summed E-state index contributed by atoms with van der Waals surface area (Å²) in [5.74, 6) is 1.27. The van der Waals surface area contributed by atoms with Gasteiger partial charge in [-0.3, -0.25) is 9.48 Å². The van der Waals surface area contributed by atoms with E-state index in [1.807, 2.05) is 20.8 Å². The molecule has 0 spiro atoms. The lowest BCUT2D eigenvalue weighted by Crippen LogP contribution is -2.13. The normalized spacial score (nSPS) is 11.0. The molecule has 0 unspecified atom stereocenters. The quantitative estimate of drug-likeness (QED) is 0.803. The van der Waals surface area contributed by atoms with Gasteiger partial charge in [-0.1, -0.05) is 18.5 Å². The molecule has 0 radical (unpaired) electrons. The number of hydrogen-bond acceptors (Lipinski definition) is 3. The molecule has 4 nitrogen and oxygen atoms in total. The van der Waals surface area contributed by atoms with Gasteiger partial charge in [-0.25, -0.2) is 0 Å². The summed E-state index contributed by atoms with van der Waals surface area (Å²) in [6.07, 6.45) is 2.41. The number of halogens is 1. The van der Waals surface area contributed by atoms with E-state index in [-0.39, 0.29) is 5.78 Å². The second kappa shape index (κ2) is 5.21. The zero-order chi connectivity index (χ0) is 14.2. The molecular weight excluding hydrogens is 264 g/mol. The Bertz CT molecular complexity index is 626. The summed E-state index contributed by atoms with van der Waals surface area (Å²) >= 11 is 6.10. The molecule has 2 aromatic rings. The van der Waals surface area contributed by atoms with Crippen molar-refractivity contribution in [2.24, 2.45) is 0 Å². The van der Waals surface area contributed by atoms with Crippen LogP contribution < -0.4 is 0 Å². The average Bonchev–Trinajstić information content (AvgIpc) is 2.81. The molecule has 2 heterocycles. The Hall–Kier alpha value is -1.55. The minimum Gasteiger partial charge on any atom is -0.466 e. The first-order valence-electron chi connectivity index (χ1n) is 6.30. The van der Waals surface area contributed by atoms with Crippen LogP contribution in [0.4, 0.5) is 0 Å². The number of aryl methyl sites for hydroxylation is 3. The van der Waals surface area contributed by atoms with Crippen LogP contribution in [0, 0.1) is 20.8 Å². The molecule has 5 heteroatoms. The van der Waals surface area contributed by atoms with Crippen molar-refractivity contribution >= 4 is 17.4 Å². The van der Waals surface area contributed by atoms with Gasteiger partial charge in [0.15, 0.2) is 0 Å². The van der Waals surface area contributed by atoms with Crippen LogP contribution in [0.1, 0.15) is 46.5 Å². The van der Waals surface area contributed by atoms with Crippen LogP contribution in [0.15, 0.2) is 10.6 Å². The molecule has 0 saturated carbocycles. The molecule has 0 atom stereocenters. The fourth-order valence-corrected chi connectivity index (χ4v) is 2.44. The van der Waals surface area contributed by atoms with E-state index >= 15 is 0 Å². The van der Waals surface area contributed by atoms with Crippen molar-refractivity contribution in [3.05, 3.63) is 39.6 Å². The third kappa shape index (κ3) is 2.32. The molecule has 0 saturated heterocycles. The summed E-state index contributed by atoms with van der Waals surface area (Å²) in [6, 6.07) is 0. The molecule has 0 aliphatic heterocycles. The van der Waals surface area contributed by atoms with Gasteiger partial charge in [-0.2, -0.15) is 5.10 Å². The van der Waals surface area contributed by atoms with Crippen molar-refractivity contribution in [1.29, 1.82) is 0 Å². The number of carbonyl (C=O) groups is 1. The summed E-state index contributed by atoms with van der Waals surface area (Å²) in [6.45, 7) is 8.23. The van der Waals surface area contributed by atoms with E-state index in [0.29, 0.717) is 28.6 Å². The first kappa shape index (κ1) is 13.9. The number of aromatic nitrogens is 2. The maximum absolute atomic E-state index is 12.7. The molecule has 19 heavy (non-hydrogen) atoms. The Morgan fingerprint density at radius 2 is 2.05 bits per heavy atom. The van der Waals surface area contributed by atoms with E-state index in [9.17, 15) is 4.79 Å². The van der Waals surface area contributed by atoms with Crippen LogP contribution >= 0.6 is 11.6 Å². The average molecular weight is 281 g/mol. The number of furan rings is 1. The number of ketones is 1. The van der Waals surface area contributed by atoms with Gasteiger partial charge in [0.1, 0.15) is 17.2 Å². The lowest BCUT2D eigenvalue weighted by atomic mass is 10.0. The highest BCUT2D eigenvalue weighted by Gasteiger charge is 2.25. The highest BCUT2D eigenvalue weighted by atomic mass is 35.5. The van der Waals surface area contributed by atoms with E-state index < -0.39 is 0 Å². The van der Waals surface area contributed by atoms with Gasteiger partial charge in [-0.05, 0) is 27.2 Å². The van der Waals surface area contributed by atoms with Gasteiger partial charge in [-0.15, -0.1) is 0 Å². The van der Waals surface area contributed by atoms with Crippen molar-refractivity contribution < 1.29 is 9.21 Å². The van der Waals surface area contributed by atoms with E-state index in [0.717, 1.165) is 17.7 Å². The Balaban J connectivity index is 2.53. The van der Waals surface area contributed by atoms with Crippen molar-refractivity contribution in [2.75, 3.05) is 0 Å². The molecule has 0 N–H and O–H groups in total. The standard InChI is InChI=1S/C14H17ClN2O2/c1-5-6-17-13(11(15)7-16-17)14(18)12-8(2)9(3)19-10(12)4/h7H,5-6H2,1-4H3. The number of carbonyl (C=O) groups excluding carboxylic acids is 1. The smallest absolute Gasteiger partial charge is 0.216 e. The third-order valence-electron chi connectivity index (χ3n) is 3.23.